The minimum absolute atomic E-state index is 0. The second-order valence-corrected chi connectivity index (χ2v) is 3.99. The maximum Gasteiger partial charge on any atom is 0.127 e. The number of rotatable bonds is 2. The van der Waals surface area contributed by atoms with Gasteiger partial charge in [0.05, 0.1) is 0 Å². The van der Waals surface area contributed by atoms with Crippen molar-refractivity contribution in [3.63, 3.8) is 0 Å². The van der Waals surface area contributed by atoms with Crippen molar-refractivity contribution in [2.24, 2.45) is 0 Å². The lowest BCUT2D eigenvalue weighted by Gasteiger charge is -2.11. The third kappa shape index (κ3) is 3.12. The van der Waals surface area contributed by atoms with Crippen LogP contribution in [-0.2, 0) is 0 Å². The van der Waals surface area contributed by atoms with Gasteiger partial charge in [-0.1, -0.05) is 6.07 Å². The summed E-state index contributed by atoms with van der Waals surface area (Å²) in [6.07, 6.45) is 1.17. The molecule has 2 N–H and O–H groups in total. The molecule has 78 valence electrons. The third-order valence-corrected chi connectivity index (χ3v) is 2.57. The first-order valence-electron chi connectivity index (χ1n) is 4.44. The van der Waals surface area contributed by atoms with E-state index in [1.54, 1.807) is 0 Å². The Kier molecular flexibility index (Phi) is 4.65. The van der Waals surface area contributed by atoms with E-state index in [4.69, 9.17) is 0 Å². The molecule has 14 heavy (non-hydrogen) atoms. The average molecular weight is 279 g/mol. The van der Waals surface area contributed by atoms with E-state index in [1.807, 2.05) is 18.2 Å². The van der Waals surface area contributed by atoms with Gasteiger partial charge in [0.2, 0.25) is 0 Å². The Morgan fingerprint density at radius 1 is 1.50 bits per heavy atom. The van der Waals surface area contributed by atoms with Gasteiger partial charge in [-0.15, -0.1) is 12.4 Å². The van der Waals surface area contributed by atoms with E-state index in [0.29, 0.717) is 6.04 Å². The fourth-order valence-corrected chi connectivity index (χ4v) is 1.82. The van der Waals surface area contributed by atoms with Crippen molar-refractivity contribution in [1.82, 2.24) is 10.3 Å². The van der Waals surface area contributed by atoms with Crippen molar-refractivity contribution >= 4 is 34.2 Å². The van der Waals surface area contributed by atoms with Crippen molar-refractivity contribution in [2.75, 3.05) is 18.4 Å². The van der Waals surface area contributed by atoms with Crippen molar-refractivity contribution in [3.05, 3.63) is 22.8 Å². The Morgan fingerprint density at radius 2 is 2.36 bits per heavy atom. The van der Waals surface area contributed by atoms with Gasteiger partial charge in [0.1, 0.15) is 10.4 Å². The maximum atomic E-state index is 4.31. The predicted octanol–water partition coefficient (Wildman–Crippen LogP) is 2.04. The highest BCUT2D eigenvalue weighted by Gasteiger charge is 2.13. The van der Waals surface area contributed by atoms with Crippen molar-refractivity contribution in [2.45, 2.75) is 12.5 Å². The zero-order valence-electron chi connectivity index (χ0n) is 7.66. The summed E-state index contributed by atoms with van der Waals surface area (Å²) in [5.74, 6) is 0.947. The lowest BCUT2D eigenvalue weighted by Crippen LogP contribution is -2.22. The van der Waals surface area contributed by atoms with Gasteiger partial charge in [-0.05, 0) is 41.0 Å². The molecule has 1 aromatic heterocycles. The molecule has 1 aliphatic heterocycles. The monoisotopic (exact) mass is 277 g/mol. The van der Waals surface area contributed by atoms with E-state index in [1.165, 1.54) is 6.42 Å². The standard InChI is InChI=1S/C9H12BrN3.ClH/c10-8-2-1-3-9(13-8)12-7-4-5-11-6-7;/h1-3,7,11H,4-6H2,(H,12,13);1H/t7-;/m1./s1. The SMILES string of the molecule is Brc1cccc(N[C@@H]2CCNC2)n1.Cl. The second-order valence-electron chi connectivity index (χ2n) is 3.18. The number of aromatic nitrogens is 1. The lowest BCUT2D eigenvalue weighted by atomic mass is 10.2. The minimum Gasteiger partial charge on any atom is -0.366 e. The van der Waals surface area contributed by atoms with Crippen LogP contribution in [0, 0.1) is 0 Å². The number of nitrogens with zero attached hydrogens (tertiary/aromatic N) is 1. The Labute approximate surface area is 98.2 Å². The maximum absolute atomic E-state index is 4.31. The van der Waals surface area contributed by atoms with Crippen LogP contribution >= 0.6 is 28.3 Å². The lowest BCUT2D eigenvalue weighted by molar-refractivity contribution is 0.787. The Hall–Kier alpha value is -0.320. The van der Waals surface area contributed by atoms with Crippen LogP contribution < -0.4 is 10.6 Å². The molecular formula is C9H13BrClN3. The van der Waals surface area contributed by atoms with Gasteiger partial charge in [-0.2, -0.15) is 0 Å². The molecule has 0 saturated carbocycles. The summed E-state index contributed by atoms with van der Waals surface area (Å²) in [7, 11) is 0. The highest BCUT2D eigenvalue weighted by Crippen LogP contribution is 2.12. The van der Waals surface area contributed by atoms with Crippen LogP contribution in [-0.4, -0.2) is 24.1 Å². The molecule has 1 atom stereocenters. The third-order valence-electron chi connectivity index (χ3n) is 2.13. The van der Waals surface area contributed by atoms with E-state index in [-0.39, 0.29) is 12.4 Å². The highest BCUT2D eigenvalue weighted by atomic mass is 79.9. The molecule has 1 fully saturated rings. The number of pyridine rings is 1. The van der Waals surface area contributed by atoms with Crippen LogP contribution in [0.1, 0.15) is 6.42 Å². The van der Waals surface area contributed by atoms with Gasteiger partial charge in [-0.25, -0.2) is 4.98 Å². The molecule has 1 saturated heterocycles. The molecule has 2 rings (SSSR count). The van der Waals surface area contributed by atoms with Crippen LogP contribution in [0.3, 0.4) is 0 Å². The first-order valence-corrected chi connectivity index (χ1v) is 5.24. The minimum atomic E-state index is 0. The molecule has 2 heterocycles. The van der Waals surface area contributed by atoms with Crippen LogP contribution in [0.2, 0.25) is 0 Å². The largest absolute Gasteiger partial charge is 0.366 e. The smallest absolute Gasteiger partial charge is 0.127 e. The van der Waals surface area contributed by atoms with E-state index >= 15 is 0 Å². The fraction of sp³-hybridized carbons (Fsp3) is 0.444. The van der Waals surface area contributed by atoms with Crippen molar-refractivity contribution in [3.8, 4) is 0 Å². The second kappa shape index (κ2) is 5.53. The quantitative estimate of drug-likeness (QED) is 0.813. The van der Waals surface area contributed by atoms with Crippen molar-refractivity contribution < 1.29 is 0 Å². The van der Waals surface area contributed by atoms with Crippen LogP contribution in [0.25, 0.3) is 0 Å². The van der Waals surface area contributed by atoms with Gasteiger partial charge < -0.3 is 10.6 Å². The average Bonchev–Trinajstić information content (AvgIpc) is 2.57. The van der Waals surface area contributed by atoms with Gasteiger partial charge >= 0.3 is 0 Å². The van der Waals surface area contributed by atoms with E-state index in [0.717, 1.165) is 23.5 Å². The molecule has 0 radical (unpaired) electrons. The Bertz CT molecular complexity index is 289. The van der Waals surface area contributed by atoms with Crippen molar-refractivity contribution in [1.29, 1.82) is 0 Å². The fourth-order valence-electron chi connectivity index (χ4n) is 1.48. The zero-order chi connectivity index (χ0) is 9.10. The molecule has 0 bridgehead atoms. The molecule has 0 unspecified atom stereocenters. The van der Waals surface area contributed by atoms with Crippen LogP contribution in [0.5, 0.6) is 0 Å². The predicted molar refractivity (Wildman–Crippen MR) is 64.1 cm³/mol. The van der Waals surface area contributed by atoms with E-state index in [2.05, 4.69) is 31.5 Å². The summed E-state index contributed by atoms with van der Waals surface area (Å²) in [5.41, 5.74) is 0. The van der Waals surface area contributed by atoms with E-state index < -0.39 is 0 Å². The number of nitrogens with one attached hydrogen (secondary N) is 2. The molecule has 3 nitrogen and oxygen atoms in total. The number of halogens is 2. The van der Waals surface area contributed by atoms with Gasteiger partial charge in [-0.3, -0.25) is 0 Å². The van der Waals surface area contributed by atoms with E-state index in [9.17, 15) is 0 Å². The van der Waals surface area contributed by atoms with Gasteiger partial charge in [0.15, 0.2) is 0 Å². The molecule has 1 aliphatic rings. The number of hydrogen-bond donors (Lipinski definition) is 2. The molecular weight excluding hydrogens is 265 g/mol. The normalized spacial score (nSPS) is 20.2. The summed E-state index contributed by atoms with van der Waals surface area (Å²) in [5, 5.41) is 6.68. The zero-order valence-corrected chi connectivity index (χ0v) is 10.1. The van der Waals surface area contributed by atoms with Gasteiger partial charge in [0, 0.05) is 12.6 Å². The summed E-state index contributed by atoms with van der Waals surface area (Å²) in [6, 6.07) is 6.44. The molecule has 5 heteroatoms. The number of anilines is 1. The Balaban J connectivity index is 0.000000980. The summed E-state index contributed by atoms with van der Waals surface area (Å²) >= 11 is 3.34. The van der Waals surface area contributed by atoms with Crippen LogP contribution in [0.4, 0.5) is 5.82 Å². The highest BCUT2D eigenvalue weighted by molar-refractivity contribution is 9.10. The topological polar surface area (TPSA) is 37.0 Å². The Morgan fingerprint density at radius 3 is 3.00 bits per heavy atom. The summed E-state index contributed by atoms with van der Waals surface area (Å²) < 4.78 is 0.878. The molecule has 0 spiro atoms. The summed E-state index contributed by atoms with van der Waals surface area (Å²) in [4.78, 5) is 4.31. The van der Waals surface area contributed by atoms with Gasteiger partial charge in [0.25, 0.3) is 0 Å². The first kappa shape index (κ1) is 11.8. The van der Waals surface area contributed by atoms with Crippen LogP contribution in [0.15, 0.2) is 22.8 Å². The molecule has 0 aromatic carbocycles. The first-order chi connectivity index (χ1) is 6.34. The number of hydrogen-bond acceptors (Lipinski definition) is 3. The molecule has 0 aliphatic carbocycles. The molecule has 0 amide bonds. The summed E-state index contributed by atoms with van der Waals surface area (Å²) in [6.45, 7) is 2.14. The molecule has 1 aromatic rings.